The first-order valence-corrected chi connectivity index (χ1v) is 11.0. The predicted octanol–water partition coefficient (Wildman–Crippen LogP) is 3.51. The van der Waals surface area contributed by atoms with Gasteiger partial charge >= 0.3 is 0 Å². The summed E-state index contributed by atoms with van der Waals surface area (Å²) in [5.41, 5.74) is 1.83. The molecule has 5 nitrogen and oxygen atoms in total. The monoisotopic (exact) mass is 388 g/mol. The number of thiazole rings is 1. The van der Waals surface area contributed by atoms with Crippen LogP contribution in [0.5, 0.6) is 0 Å². The normalized spacial score (nSPS) is 12.8. The van der Waals surface area contributed by atoms with Crippen molar-refractivity contribution in [3.05, 3.63) is 59.1 Å². The van der Waals surface area contributed by atoms with Gasteiger partial charge in [-0.05, 0) is 36.8 Å². The van der Waals surface area contributed by atoms with E-state index in [0.29, 0.717) is 12.8 Å². The topological polar surface area (TPSA) is 76.1 Å². The Balaban J connectivity index is 1.57. The Bertz CT molecular complexity index is 991. The van der Waals surface area contributed by atoms with E-state index >= 15 is 0 Å². The van der Waals surface area contributed by atoms with E-state index < -0.39 is 9.84 Å². The molecular formula is C19H20N2O3S2. The molecule has 1 aromatic heterocycles. The number of aryl methyl sites for hydroxylation is 1. The molecule has 2 aromatic carbocycles. The molecule has 0 spiro atoms. The number of hydrogen-bond acceptors (Lipinski definition) is 5. The van der Waals surface area contributed by atoms with E-state index in [1.54, 1.807) is 35.6 Å². The van der Waals surface area contributed by atoms with Crippen molar-refractivity contribution >= 4 is 37.3 Å². The third-order valence-corrected chi connectivity index (χ3v) is 6.31. The molecule has 1 atom stereocenters. The van der Waals surface area contributed by atoms with E-state index in [2.05, 4.69) is 10.3 Å². The van der Waals surface area contributed by atoms with E-state index in [-0.39, 0.29) is 16.8 Å². The molecule has 3 aromatic rings. The van der Waals surface area contributed by atoms with Gasteiger partial charge in [-0.3, -0.25) is 4.79 Å². The fraction of sp³-hybridized carbons (Fsp3) is 0.263. The molecule has 0 fully saturated rings. The van der Waals surface area contributed by atoms with Gasteiger partial charge in [-0.25, -0.2) is 13.4 Å². The lowest BCUT2D eigenvalue weighted by atomic mass is 10.1. The van der Waals surface area contributed by atoms with Crippen LogP contribution in [0, 0.1) is 0 Å². The third-order valence-electron chi connectivity index (χ3n) is 4.09. The zero-order valence-corrected chi connectivity index (χ0v) is 16.2. The summed E-state index contributed by atoms with van der Waals surface area (Å²) in [6.45, 7) is 1.88. The predicted molar refractivity (Wildman–Crippen MR) is 104 cm³/mol. The zero-order chi connectivity index (χ0) is 18.7. The first kappa shape index (κ1) is 18.5. The van der Waals surface area contributed by atoms with E-state index in [4.69, 9.17) is 0 Å². The summed E-state index contributed by atoms with van der Waals surface area (Å²) < 4.78 is 24.1. The number of hydrogen-bond donors (Lipinski definition) is 1. The van der Waals surface area contributed by atoms with E-state index in [0.717, 1.165) is 20.8 Å². The van der Waals surface area contributed by atoms with Gasteiger partial charge in [0.2, 0.25) is 5.91 Å². The molecule has 0 saturated heterocycles. The molecule has 3 rings (SSSR count). The minimum atomic E-state index is -3.21. The molecule has 1 N–H and O–H groups in total. The molecular weight excluding hydrogens is 368 g/mol. The second kappa shape index (κ2) is 7.55. The molecule has 7 heteroatoms. The Morgan fingerprint density at radius 1 is 1.15 bits per heavy atom. The molecule has 0 saturated carbocycles. The average Bonchev–Trinajstić information content (AvgIpc) is 3.02. The van der Waals surface area contributed by atoms with Gasteiger partial charge in [-0.2, -0.15) is 0 Å². The van der Waals surface area contributed by atoms with Gasteiger partial charge in [-0.1, -0.05) is 24.3 Å². The molecule has 1 heterocycles. The first-order valence-electron chi connectivity index (χ1n) is 8.27. The number of aromatic nitrogens is 1. The largest absolute Gasteiger partial charge is 0.350 e. The number of para-hydroxylation sites is 1. The summed E-state index contributed by atoms with van der Waals surface area (Å²) >= 11 is 1.61. The number of nitrogens with zero attached hydrogens (tertiary/aromatic N) is 1. The Morgan fingerprint density at radius 3 is 2.50 bits per heavy atom. The molecule has 0 aliphatic rings. The fourth-order valence-corrected chi connectivity index (χ4v) is 4.25. The van der Waals surface area contributed by atoms with Crippen LogP contribution >= 0.6 is 11.3 Å². The second-order valence-corrected chi connectivity index (χ2v) is 9.34. The molecule has 0 aliphatic heterocycles. The number of carbonyl (C=O) groups is 1. The highest BCUT2D eigenvalue weighted by atomic mass is 32.2. The number of fused-ring (bicyclic) bond motifs is 1. The Kier molecular flexibility index (Phi) is 5.38. The number of amides is 1. The van der Waals surface area contributed by atoms with Crippen LogP contribution < -0.4 is 5.32 Å². The summed E-state index contributed by atoms with van der Waals surface area (Å²) in [7, 11) is -3.21. The summed E-state index contributed by atoms with van der Waals surface area (Å²) in [5, 5.41) is 3.90. The van der Waals surface area contributed by atoms with Gasteiger partial charge < -0.3 is 5.32 Å². The zero-order valence-electron chi connectivity index (χ0n) is 14.6. The second-order valence-electron chi connectivity index (χ2n) is 6.21. The van der Waals surface area contributed by atoms with Crippen LogP contribution in [0.25, 0.3) is 10.2 Å². The van der Waals surface area contributed by atoms with Crippen molar-refractivity contribution < 1.29 is 13.2 Å². The van der Waals surface area contributed by atoms with Crippen LogP contribution in [0.4, 0.5) is 0 Å². The number of rotatable bonds is 6. The Morgan fingerprint density at radius 2 is 1.85 bits per heavy atom. The maximum absolute atomic E-state index is 12.2. The van der Waals surface area contributed by atoms with Crippen LogP contribution in [0.3, 0.4) is 0 Å². The van der Waals surface area contributed by atoms with Crippen molar-refractivity contribution in [2.24, 2.45) is 0 Å². The van der Waals surface area contributed by atoms with Crippen molar-refractivity contribution in [2.45, 2.75) is 30.7 Å². The van der Waals surface area contributed by atoms with E-state index in [1.165, 1.54) is 6.26 Å². The third kappa shape index (κ3) is 4.47. The van der Waals surface area contributed by atoms with Crippen LogP contribution in [-0.4, -0.2) is 25.6 Å². The quantitative estimate of drug-likeness (QED) is 0.701. The smallest absolute Gasteiger partial charge is 0.220 e. The van der Waals surface area contributed by atoms with Gasteiger partial charge in [0.1, 0.15) is 0 Å². The summed E-state index contributed by atoms with van der Waals surface area (Å²) in [5.74, 6) is -0.0519. The van der Waals surface area contributed by atoms with Crippen molar-refractivity contribution in [3.63, 3.8) is 0 Å². The van der Waals surface area contributed by atoms with Gasteiger partial charge in [0.25, 0.3) is 0 Å². The maximum atomic E-state index is 12.2. The van der Waals surface area contributed by atoms with Crippen LogP contribution in [-0.2, 0) is 21.1 Å². The maximum Gasteiger partial charge on any atom is 0.220 e. The highest BCUT2D eigenvalue weighted by Crippen LogP contribution is 2.22. The van der Waals surface area contributed by atoms with Crippen molar-refractivity contribution in [1.82, 2.24) is 10.3 Å². The van der Waals surface area contributed by atoms with Crippen LogP contribution in [0.15, 0.2) is 53.4 Å². The van der Waals surface area contributed by atoms with Crippen molar-refractivity contribution in [3.8, 4) is 0 Å². The minimum Gasteiger partial charge on any atom is -0.350 e. The number of benzene rings is 2. The molecule has 0 aliphatic carbocycles. The highest BCUT2D eigenvalue weighted by Gasteiger charge is 2.13. The van der Waals surface area contributed by atoms with Crippen LogP contribution in [0.1, 0.15) is 30.0 Å². The lowest BCUT2D eigenvalue weighted by Crippen LogP contribution is -2.26. The number of carbonyl (C=O) groups excluding carboxylic acids is 1. The fourth-order valence-electron chi connectivity index (χ4n) is 2.65. The summed E-state index contributed by atoms with van der Waals surface area (Å²) in [4.78, 5) is 17.0. The standard InChI is InChI=1S/C19H20N2O3S2/c1-13(14-7-9-15(10-8-14)26(2,23)24)20-18(22)11-12-19-21-16-5-3-4-6-17(16)25-19/h3-10,13H,11-12H2,1-2H3,(H,20,22). The average molecular weight is 389 g/mol. The molecule has 136 valence electrons. The SMILES string of the molecule is CC(NC(=O)CCc1nc2ccccc2s1)c1ccc(S(C)(=O)=O)cc1. The molecule has 0 bridgehead atoms. The highest BCUT2D eigenvalue weighted by molar-refractivity contribution is 7.90. The Labute approximate surface area is 157 Å². The van der Waals surface area contributed by atoms with E-state index in [9.17, 15) is 13.2 Å². The van der Waals surface area contributed by atoms with Gasteiger partial charge in [0.15, 0.2) is 9.84 Å². The first-order chi connectivity index (χ1) is 12.3. The molecule has 1 unspecified atom stereocenters. The van der Waals surface area contributed by atoms with Crippen molar-refractivity contribution in [2.75, 3.05) is 6.26 Å². The van der Waals surface area contributed by atoms with Crippen molar-refractivity contribution in [1.29, 1.82) is 0 Å². The lowest BCUT2D eigenvalue weighted by Gasteiger charge is -2.14. The lowest BCUT2D eigenvalue weighted by molar-refractivity contribution is -0.121. The number of sulfone groups is 1. The van der Waals surface area contributed by atoms with Gasteiger partial charge in [0.05, 0.1) is 26.2 Å². The summed E-state index contributed by atoms with van der Waals surface area (Å²) in [6.07, 6.45) is 2.14. The molecule has 26 heavy (non-hydrogen) atoms. The van der Waals surface area contributed by atoms with Gasteiger partial charge in [-0.15, -0.1) is 11.3 Å². The van der Waals surface area contributed by atoms with Gasteiger partial charge in [0, 0.05) is 19.1 Å². The molecule has 1 amide bonds. The Hall–Kier alpha value is -2.25. The molecule has 0 radical (unpaired) electrons. The van der Waals surface area contributed by atoms with E-state index in [1.807, 2.05) is 31.2 Å². The summed E-state index contributed by atoms with van der Waals surface area (Å²) in [6, 6.07) is 14.3. The minimum absolute atomic E-state index is 0.0519. The number of nitrogens with one attached hydrogen (secondary N) is 1. The van der Waals surface area contributed by atoms with Crippen LogP contribution in [0.2, 0.25) is 0 Å².